The molecule has 1 aromatic heterocycles. The maximum atomic E-state index is 11.4. The number of hydrogen-bond acceptors (Lipinski definition) is 5. The first kappa shape index (κ1) is 19.6. The minimum atomic E-state index is -3.69. The number of hydrogen-bond donors (Lipinski definition) is 1. The summed E-state index contributed by atoms with van der Waals surface area (Å²) < 4.78 is 28.3. The summed E-state index contributed by atoms with van der Waals surface area (Å²) in [5.74, 6) is 0.519. The molecule has 2 aromatic carbocycles. The van der Waals surface area contributed by atoms with Gasteiger partial charge in [-0.1, -0.05) is 29.8 Å². The molecular weight excluding hydrogens is 386 g/mol. The lowest BCUT2D eigenvalue weighted by Crippen LogP contribution is -2.22. The van der Waals surface area contributed by atoms with Crippen LogP contribution in [0.2, 0.25) is 5.02 Å². The minimum Gasteiger partial charge on any atom is -0.444 e. The van der Waals surface area contributed by atoms with E-state index in [2.05, 4.69) is 9.88 Å². The van der Waals surface area contributed by atoms with Crippen molar-refractivity contribution in [3.05, 3.63) is 71.1 Å². The van der Waals surface area contributed by atoms with Crippen molar-refractivity contribution in [1.29, 1.82) is 0 Å². The molecule has 0 aliphatic rings. The fourth-order valence-electron chi connectivity index (χ4n) is 2.72. The van der Waals surface area contributed by atoms with E-state index >= 15 is 0 Å². The Balaban J connectivity index is 1.71. The highest BCUT2D eigenvalue weighted by molar-refractivity contribution is 7.89. The van der Waals surface area contributed by atoms with Crippen LogP contribution >= 0.6 is 11.6 Å². The Hall–Kier alpha value is -2.19. The summed E-state index contributed by atoms with van der Waals surface area (Å²) in [7, 11) is -1.72. The van der Waals surface area contributed by atoms with Gasteiger partial charge < -0.3 is 4.42 Å². The monoisotopic (exact) mass is 405 g/mol. The molecule has 0 radical (unpaired) electrons. The van der Waals surface area contributed by atoms with Gasteiger partial charge in [-0.3, -0.25) is 4.90 Å². The van der Waals surface area contributed by atoms with Crippen LogP contribution in [-0.4, -0.2) is 25.3 Å². The molecule has 142 valence electrons. The molecule has 0 spiro atoms. The number of nitrogens with two attached hydrogens (primary N) is 1. The SMILES string of the molecule is CC(c1ccc(S(N)(=O)=O)cc1)N(C)Cc1coc(-c2cccc(Cl)c2)n1. The molecule has 0 amide bonds. The standard InChI is InChI=1S/C19H20ClN3O3S/c1-13(14-6-8-18(9-7-14)27(21,24)25)23(2)11-17-12-26-19(22-17)15-4-3-5-16(20)10-15/h3-10,12-13H,11H2,1-2H3,(H2,21,24,25). The van der Waals surface area contributed by atoms with Gasteiger partial charge in [0.2, 0.25) is 15.9 Å². The molecule has 2 N–H and O–H groups in total. The normalized spacial score (nSPS) is 13.1. The van der Waals surface area contributed by atoms with E-state index in [1.54, 1.807) is 30.5 Å². The van der Waals surface area contributed by atoms with Gasteiger partial charge in [0.05, 0.1) is 10.6 Å². The Bertz CT molecular complexity index is 1030. The lowest BCUT2D eigenvalue weighted by molar-refractivity contribution is 0.250. The molecule has 0 aliphatic carbocycles. The number of rotatable bonds is 6. The molecule has 0 saturated carbocycles. The second-order valence-electron chi connectivity index (χ2n) is 6.36. The molecule has 27 heavy (non-hydrogen) atoms. The molecule has 0 fully saturated rings. The van der Waals surface area contributed by atoms with Crippen LogP contribution in [0.25, 0.3) is 11.5 Å². The fraction of sp³-hybridized carbons (Fsp3) is 0.211. The van der Waals surface area contributed by atoms with E-state index in [9.17, 15) is 8.42 Å². The third kappa shape index (κ3) is 4.75. The summed E-state index contributed by atoms with van der Waals surface area (Å²) in [6.45, 7) is 2.60. The highest BCUT2D eigenvalue weighted by Crippen LogP contribution is 2.25. The second kappa shape index (κ2) is 7.82. The topological polar surface area (TPSA) is 89.4 Å². The van der Waals surface area contributed by atoms with Crippen molar-refractivity contribution in [1.82, 2.24) is 9.88 Å². The van der Waals surface area contributed by atoms with Gasteiger partial charge in [0, 0.05) is 23.2 Å². The van der Waals surface area contributed by atoms with Crippen molar-refractivity contribution in [3.8, 4) is 11.5 Å². The number of sulfonamides is 1. The zero-order valence-electron chi connectivity index (χ0n) is 15.0. The second-order valence-corrected chi connectivity index (χ2v) is 8.36. The van der Waals surface area contributed by atoms with Crippen LogP contribution in [0.4, 0.5) is 0 Å². The van der Waals surface area contributed by atoms with Gasteiger partial charge in [-0.2, -0.15) is 0 Å². The van der Waals surface area contributed by atoms with Gasteiger partial charge in [0.1, 0.15) is 6.26 Å². The number of oxazole rings is 1. The molecule has 3 aromatic rings. The van der Waals surface area contributed by atoms with Crippen molar-refractivity contribution in [2.24, 2.45) is 5.14 Å². The van der Waals surface area contributed by atoms with E-state index in [1.807, 2.05) is 26.1 Å². The molecule has 0 saturated heterocycles. The van der Waals surface area contributed by atoms with Crippen molar-refractivity contribution < 1.29 is 12.8 Å². The van der Waals surface area contributed by atoms with Crippen LogP contribution in [-0.2, 0) is 16.6 Å². The first-order chi connectivity index (χ1) is 12.7. The molecule has 1 heterocycles. The maximum Gasteiger partial charge on any atom is 0.238 e. The summed E-state index contributed by atoms with van der Waals surface area (Å²) in [4.78, 5) is 6.71. The van der Waals surface area contributed by atoms with Crippen LogP contribution in [0.3, 0.4) is 0 Å². The Kier molecular flexibility index (Phi) is 5.67. The molecule has 8 heteroatoms. The summed E-state index contributed by atoms with van der Waals surface area (Å²) >= 11 is 6.01. The molecule has 6 nitrogen and oxygen atoms in total. The molecule has 0 bridgehead atoms. The predicted molar refractivity (Wildman–Crippen MR) is 105 cm³/mol. The van der Waals surface area contributed by atoms with Gasteiger partial charge in [-0.15, -0.1) is 0 Å². The van der Waals surface area contributed by atoms with E-state index in [0.717, 1.165) is 16.8 Å². The van der Waals surface area contributed by atoms with E-state index < -0.39 is 10.0 Å². The third-order valence-corrected chi connectivity index (χ3v) is 5.55. The Morgan fingerprint density at radius 1 is 1.22 bits per heavy atom. The van der Waals surface area contributed by atoms with Gasteiger partial charge in [-0.25, -0.2) is 18.5 Å². The minimum absolute atomic E-state index is 0.0471. The van der Waals surface area contributed by atoms with Crippen LogP contribution < -0.4 is 5.14 Å². The van der Waals surface area contributed by atoms with Gasteiger partial charge >= 0.3 is 0 Å². The molecule has 3 rings (SSSR count). The summed E-state index contributed by atoms with van der Waals surface area (Å²) in [6, 6.07) is 13.9. The Labute approximate surface area is 163 Å². The largest absolute Gasteiger partial charge is 0.444 e. The maximum absolute atomic E-state index is 11.4. The average Bonchev–Trinajstić information content (AvgIpc) is 3.09. The highest BCUT2D eigenvalue weighted by atomic mass is 35.5. The molecule has 0 aliphatic heterocycles. The summed E-state index contributed by atoms with van der Waals surface area (Å²) in [5.41, 5.74) is 2.59. The number of nitrogens with zero attached hydrogens (tertiary/aromatic N) is 2. The smallest absolute Gasteiger partial charge is 0.238 e. The summed E-state index contributed by atoms with van der Waals surface area (Å²) in [5, 5.41) is 5.77. The van der Waals surface area contributed by atoms with Crippen molar-refractivity contribution in [2.75, 3.05) is 7.05 Å². The first-order valence-electron chi connectivity index (χ1n) is 8.27. The number of halogens is 1. The van der Waals surface area contributed by atoms with Gasteiger partial charge in [0.15, 0.2) is 0 Å². The van der Waals surface area contributed by atoms with Crippen LogP contribution in [0.15, 0.2) is 64.1 Å². The van der Waals surface area contributed by atoms with Gasteiger partial charge in [-0.05, 0) is 49.9 Å². The van der Waals surface area contributed by atoms with Crippen molar-refractivity contribution in [2.45, 2.75) is 24.4 Å². The quantitative estimate of drug-likeness (QED) is 0.673. The van der Waals surface area contributed by atoms with Crippen LogP contribution in [0.1, 0.15) is 24.2 Å². The molecular formula is C19H20ClN3O3S. The fourth-order valence-corrected chi connectivity index (χ4v) is 3.42. The highest BCUT2D eigenvalue weighted by Gasteiger charge is 2.16. The zero-order chi connectivity index (χ0) is 19.6. The van der Waals surface area contributed by atoms with Gasteiger partial charge in [0.25, 0.3) is 0 Å². The summed E-state index contributed by atoms with van der Waals surface area (Å²) in [6.07, 6.45) is 1.63. The van der Waals surface area contributed by atoms with Crippen LogP contribution in [0.5, 0.6) is 0 Å². The average molecular weight is 406 g/mol. The van der Waals surface area contributed by atoms with Crippen molar-refractivity contribution >= 4 is 21.6 Å². The van der Waals surface area contributed by atoms with E-state index in [1.165, 1.54) is 12.1 Å². The Morgan fingerprint density at radius 3 is 2.56 bits per heavy atom. The first-order valence-corrected chi connectivity index (χ1v) is 10.2. The zero-order valence-corrected chi connectivity index (χ0v) is 16.5. The lowest BCUT2D eigenvalue weighted by Gasteiger charge is -2.24. The third-order valence-electron chi connectivity index (χ3n) is 4.39. The predicted octanol–water partition coefficient (Wildman–Crippen LogP) is 3.84. The lowest BCUT2D eigenvalue weighted by atomic mass is 10.1. The number of aromatic nitrogens is 1. The number of benzene rings is 2. The van der Waals surface area contributed by atoms with E-state index in [-0.39, 0.29) is 10.9 Å². The van der Waals surface area contributed by atoms with Crippen molar-refractivity contribution in [3.63, 3.8) is 0 Å². The molecule has 1 unspecified atom stereocenters. The number of primary sulfonamides is 1. The van der Waals surface area contributed by atoms with E-state index in [0.29, 0.717) is 17.5 Å². The van der Waals surface area contributed by atoms with Crippen LogP contribution in [0, 0.1) is 0 Å². The molecule has 1 atom stereocenters. The van der Waals surface area contributed by atoms with E-state index in [4.69, 9.17) is 21.2 Å². The Morgan fingerprint density at radius 2 is 1.93 bits per heavy atom.